The Morgan fingerprint density at radius 2 is 1.84 bits per heavy atom. The van der Waals surface area contributed by atoms with Crippen LogP contribution in [0.25, 0.3) is 28.2 Å². The summed E-state index contributed by atoms with van der Waals surface area (Å²) in [4.78, 5) is 12.1. The van der Waals surface area contributed by atoms with E-state index >= 15 is 0 Å². The Morgan fingerprint density at radius 1 is 1.03 bits per heavy atom. The van der Waals surface area contributed by atoms with Gasteiger partial charge < -0.3 is 5.32 Å². The molecule has 0 unspecified atom stereocenters. The highest BCUT2D eigenvalue weighted by Crippen LogP contribution is 2.34. The number of aromatic nitrogens is 2. The van der Waals surface area contributed by atoms with E-state index in [0.717, 1.165) is 16.7 Å². The number of halogens is 3. The van der Waals surface area contributed by atoms with Crippen molar-refractivity contribution in [2.75, 3.05) is 0 Å². The van der Waals surface area contributed by atoms with Crippen LogP contribution >= 0.6 is 11.6 Å². The third-order valence-corrected chi connectivity index (χ3v) is 5.61. The van der Waals surface area contributed by atoms with Gasteiger partial charge in [-0.05, 0) is 66.6 Å². The lowest BCUT2D eigenvalue weighted by molar-refractivity contribution is 0.0965. The molecular formula is C24H16ClF2N3O. The molecule has 0 aliphatic carbocycles. The van der Waals surface area contributed by atoms with Gasteiger partial charge in [-0.3, -0.25) is 4.79 Å². The van der Waals surface area contributed by atoms with E-state index in [1.807, 2.05) is 25.1 Å². The topological polar surface area (TPSA) is 46.9 Å². The number of hydrogen-bond acceptors (Lipinski definition) is 2. The molecule has 0 saturated heterocycles. The normalized spacial score (nSPS) is 12.7. The summed E-state index contributed by atoms with van der Waals surface area (Å²) in [5.74, 6) is -1.02. The third kappa shape index (κ3) is 3.39. The number of rotatable bonds is 3. The van der Waals surface area contributed by atoms with Crippen molar-refractivity contribution in [3.05, 3.63) is 94.0 Å². The number of nitrogens with zero attached hydrogens (tertiary/aromatic N) is 2. The van der Waals surface area contributed by atoms with Crippen LogP contribution < -0.4 is 5.32 Å². The average Bonchev–Trinajstić information content (AvgIpc) is 3.34. The first-order valence-corrected chi connectivity index (χ1v) is 10.0. The van der Waals surface area contributed by atoms with E-state index in [-0.39, 0.29) is 16.7 Å². The van der Waals surface area contributed by atoms with Crippen LogP contribution in [0, 0.1) is 18.6 Å². The highest BCUT2D eigenvalue weighted by molar-refractivity contribution is 6.30. The molecule has 5 rings (SSSR count). The second-order valence-corrected chi connectivity index (χ2v) is 7.86. The average molecular weight is 436 g/mol. The number of carbonyl (C=O) groups is 1. The Kier molecular flexibility index (Phi) is 4.59. The van der Waals surface area contributed by atoms with Crippen LogP contribution in [0.5, 0.6) is 0 Å². The first-order valence-electron chi connectivity index (χ1n) is 9.64. The van der Waals surface area contributed by atoms with Crippen LogP contribution in [-0.4, -0.2) is 15.7 Å². The van der Waals surface area contributed by atoms with E-state index in [1.165, 1.54) is 24.3 Å². The molecule has 0 spiro atoms. The Labute approximate surface area is 182 Å². The number of carbonyl (C=O) groups excluding carboxylic acids is 1. The number of nitrogens with one attached hydrogen (secondary N) is 1. The van der Waals surface area contributed by atoms with Crippen molar-refractivity contribution in [1.29, 1.82) is 0 Å². The predicted octanol–water partition coefficient (Wildman–Crippen LogP) is 5.69. The monoisotopic (exact) mass is 435 g/mol. The maximum Gasteiger partial charge on any atom is 0.251 e. The van der Waals surface area contributed by atoms with Crippen molar-refractivity contribution in [2.45, 2.75) is 13.5 Å². The standard InChI is InChI=1S/C24H16ClF2N3O/c1-13-7-14(9-15(26)8-13)23-11-22(17-3-2-4-18-19(17)12-28-24(18)31)29-30(23)16-5-6-21(27)20(25)10-16/h2-11H,12H2,1H3,(H,28,31). The van der Waals surface area contributed by atoms with Crippen LogP contribution in [0.3, 0.4) is 0 Å². The minimum atomic E-state index is -0.536. The quantitative estimate of drug-likeness (QED) is 0.449. The highest BCUT2D eigenvalue weighted by atomic mass is 35.5. The predicted molar refractivity (Wildman–Crippen MR) is 115 cm³/mol. The number of aryl methyl sites for hydroxylation is 1. The minimum Gasteiger partial charge on any atom is -0.348 e. The molecule has 1 aliphatic heterocycles. The van der Waals surface area contributed by atoms with Gasteiger partial charge in [-0.2, -0.15) is 5.10 Å². The largest absolute Gasteiger partial charge is 0.348 e. The van der Waals surface area contributed by atoms with Crippen molar-refractivity contribution in [3.63, 3.8) is 0 Å². The lowest BCUT2D eigenvalue weighted by Crippen LogP contribution is -2.12. The molecule has 0 atom stereocenters. The Bertz CT molecular complexity index is 1340. The molecule has 0 bridgehead atoms. The van der Waals surface area contributed by atoms with Gasteiger partial charge in [0.05, 0.1) is 22.1 Å². The van der Waals surface area contributed by atoms with Gasteiger partial charge in [0.25, 0.3) is 5.91 Å². The van der Waals surface area contributed by atoms with Crippen LogP contribution in [-0.2, 0) is 6.54 Å². The van der Waals surface area contributed by atoms with E-state index in [4.69, 9.17) is 16.7 Å². The number of fused-ring (bicyclic) bond motifs is 1. The van der Waals surface area contributed by atoms with Crippen molar-refractivity contribution in [2.24, 2.45) is 0 Å². The van der Waals surface area contributed by atoms with E-state index < -0.39 is 5.82 Å². The van der Waals surface area contributed by atoms with Crippen molar-refractivity contribution in [3.8, 4) is 28.2 Å². The highest BCUT2D eigenvalue weighted by Gasteiger charge is 2.24. The Balaban J connectivity index is 1.75. The molecule has 1 N–H and O–H groups in total. The fourth-order valence-corrected chi connectivity index (χ4v) is 4.08. The van der Waals surface area contributed by atoms with Gasteiger partial charge in [-0.25, -0.2) is 13.5 Å². The van der Waals surface area contributed by atoms with E-state index in [1.54, 1.807) is 22.9 Å². The number of amides is 1. The summed E-state index contributed by atoms with van der Waals surface area (Å²) in [5.41, 5.74) is 5.43. The van der Waals surface area contributed by atoms with Gasteiger partial charge >= 0.3 is 0 Å². The number of hydrogen-bond donors (Lipinski definition) is 1. The van der Waals surface area contributed by atoms with Gasteiger partial charge in [0.2, 0.25) is 0 Å². The minimum absolute atomic E-state index is 0.0358. The van der Waals surface area contributed by atoms with Crippen molar-refractivity contribution in [1.82, 2.24) is 15.1 Å². The zero-order chi connectivity index (χ0) is 21.7. The molecule has 1 aliphatic rings. The van der Waals surface area contributed by atoms with Crippen LogP contribution in [0.15, 0.2) is 60.7 Å². The molecule has 1 aromatic heterocycles. The zero-order valence-corrected chi connectivity index (χ0v) is 17.2. The van der Waals surface area contributed by atoms with Crippen molar-refractivity contribution >= 4 is 17.5 Å². The molecule has 31 heavy (non-hydrogen) atoms. The second kappa shape index (κ2) is 7.32. The molecule has 1 amide bonds. The van der Waals surface area contributed by atoms with Gasteiger partial charge in [-0.15, -0.1) is 0 Å². The Morgan fingerprint density at radius 3 is 2.61 bits per heavy atom. The first-order chi connectivity index (χ1) is 14.9. The molecular weight excluding hydrogens is 420 g/mol. The van der Waals surface area contributed by atoms with Crippen LogP contribution in [0.1, 0.15) is 21.5 Å². The Hall–Kier alpha value is -3.51. The van der Waals surface area contributed by atoms with Gasteiger partial charge in [0.1, 0.15) is 11.6 Å². The summed E-state index contributed by atoms with van der Waals surface area (Å²) < 4.78 is 29.5. The fourth-order valence-electron chi connectivity index (χ4n) is 3.91. The van der Waals surface area contributed by atoms with Gasteiger partial charge in [0, 0.05) is 23.2 Å². The molecule has 0 saturated carbocycles. The molecule has 2 heterocycles. The lowest BCUT2D eigenvalue weighted by Gasteiger charge is -2.09. The summed E-state index contributed by atoms with van der Waals surface area (Å²) in [7, 11) is 0. The van der Waals surface area contributed by atoms with Gasteiger partial charge in [0.15, 0.2) is 0 Å². The summed E-state index contributed by atoms with van der Waals surface area (Å²) in [5, 5.41) is 7.52. The molecule has 4 nitrogen and oxygen atoms in total. The summed E-state index contributed by atoms with van der Waals surface area (Å²) in [6, 6.07) is 16.3. The molecule has 4 aromatic rings. The summed E-state index contributed by atoms with van der Waals surface area (Å²) in [6.45, 7) is 2.22. The maximum atomic E-state index is 14.2. The van der Waals surface area contributed by atoms with Crippen LogP contribution in [0.4, 0.5) is 8.78 Å². The van der Waals surface area contributed by atoms with E-state index in [9.17, 15) is 13.6 Å². The smallest absolute Gasteiger partial charge is 0.251 e. The summed E-state index contributed by atoms with van der Waals surface area (Å²) in [6.07, 6.45) is 0. The van der Waals surface area contributed by atoms with Crippen molar-refractivity contribution < 1.29 is 13.6 Å². The molecule has 7 heteroatoms. The van der Waals surface area contributed by atoms with E-state index in [2.05, 4.69) is 5.32 Å². The third-order valence-electron chi connectivity index (χ3n) is 5.32. The second-order valence-electron chi connectivity index (χ2n) is 7.46. The molecule has 0 radical (unpaired) electrons. The molecule has 154 valence electrons. The number of benzene rings is 3. The lowest BCUT2D eigenvalue weighted by atomic mass is 10.00. The van der Waals surface area contributed by atoms with Gasteiger partial charge in [-0.1, -0.05) is 23.7 Å². The van der Waals surface area contributed by atoms with Crippen LogP contribution in [0.2, 0.25) is 5.02 Å². The summed E-state index contributed by atoms with van der Waals surface area (Å²) >= 11 is 6.01. The van der Waals surface area contributed by atoms with E-state index in [0.29, 0.717) is 34.7 Å². The molecule has 0 fully saturated rings. The fraction of sp³-hybridized carbons (Fsp3) is 0.0833. The SMILES string of the molecule is Cc1cc(F)cc(-c2cc(-c3cccc4c3CNC4=O)nn2-c2ccc(F)c(Cl)c2)c1. The first kappa shape index (κ1) is 19.5. The maximum absolute atomic E-state index is 14.2. The molecule has 3 aromatic carbocycles. The zero-order valence-electron chi connectivity index (χ0n) is 16.4.